The first kappa shape index (κ1) is 14.3. The van der Waals surface area contributed by atoms with Crippen molar-refractivity contribution in [2.24, 2.45) is 0 Å². The van der Waals surface area contributed by atoms with E-state index in [1.54, 1.807) is 13.2 Å². The van der Waals surface area contributed by atoms with E-state index >= 15 is 0 Å². The third-order valence-corrected chi connectivity index (χ3v) is 5.62. The van der Waals surface area contributed by atoms with E-state index in [2.05, 4.69) is 0 Å². The van der Waals surface area contributed by atoms with Gasteiger partial charge in [-0.05, 0) is 13.2 Å². The smallest absolute Gasteiger partial charge is 0.350 e. The zero-order valence-corrected chi connectivity index (χ0v) is 12.1. The van der Waals surface area contributed by atoms with E-state index in [1.807, 2.05) is 0 Å². The van der Waals surface area contributed by atoms with Gasteiger partial charge in [0.2, 0.25) is 0 Å². The minimum absolute atomic E-state index is 0.0136. The number of thioether (sulfide) groups is 1. The summed E-state index contributed by atoms with van der Waals surface area (Å²) in [5.41, 5.74) is 5.70. The van der Waals surface area contributed by atoms with Crippen molar-refractivity contribution in [3.63, 3.8) is 0 Å². The van der Waals surface area contributed by atoms with Crippen molar-refractivity contribution < 1.29 is 17.9 Å². The Balaban J connectivity index is 3.39. The molecule has 2 N–H and O–H groups in total. The van der Waals surface area contributed by atoms with Gasteiger partial charge in [0.15, 0.2) is 9.84 Å². The lowest BCUT2D eigenvalue weighted by Crippen LogP contribution is -2.07. The molecule has 96 valence electrons. The molecular weight excluding hydrogens is 282 g/mol. The number of esters is 1. The van der Waals surface area contributed by atoms with Crippen LogP contribution in [0.5, 0.6) is 0 Å². The first-order valence-electron chi connectivity index (χ1n) is 4.66. The van der Waals surface area contributed by atoms with Gasteiger partial charge in [0.1, 0.15) is 9.77 Å². The molecule has 1 rings (SSSR count). The second kappa shape index (κ2) is 5.28. The number of carbonyl (C=O) groups excluding carboxylic acids is 1. The minimum atomic E-state index is -3.45. The maximum absolute atomic E-state index is 11.6. The Labute approximate surface area is 108 Å². The topological polar surface area (TPSA) is 86.5 Å². The zero-order chi connectivity index (χ0) is 13.2. The minimum Gasteiger partial charge on any atom is -0.462 e. The second-order valence-electron chi connectivity index (χ2n) is 3.16. The molecule has 0 unspecified atom stereocenters. The van der Waals surface area contributed by atoms with Crippen molar-refractivity contribution in [1.82, 2.24) is 0 Å². The molecule has 5 nitrogen and oxygen atoms in total. The molecule has 0 amide bonds. The third kappa shape index (κ3) is 2.93. The summed E-state index contributed by atoms with van der Waals surface area (Å²) in [7, 11) is -3.45. The highest BCUT2D eigenvalue weighted by atomic mass is 32.2. The van der Waals surface area contributed by atoms with Gasteiger partial charge in [-0.2, -0.15) is 0 Å². The maximum Gasteiger partial charge on any atom is 0.350 e. The number of hydrogen-bond acceptors (Lipinski definition) is 7. The first-order chi connectivity index (χ1) is 7.82. The molecule has 0 aliphatic rings. The number of ether oxygens (including phenoxy) is 1. The molecule has 0 aliphatic carbocycles. The van der Waals surface area contributed by atoms with Gasteiger partial charge in [0.25, 0.3) is 0 Å². The predicted molar refractivity (Wildman–Crippen MR) is 69.6 cm³/mol. The molecule has 1 heterocycles. The molecule has 0 saturated carbocycles. The van der Waals surface area contributed by atoms with Gasteiger partial charge in [-0.1, -0.05) is 0 Å². The van der Waals surface area contributed by atoms with Gasteiger partial charge in [-0.3, -0.25) is 0 Å². The van der Waals surface area contributed by atoms with Gasteiger partial charge in [0.05, 0.1) is 16.5 Å². The summed E-state index contributed by atoms with van der Waals surface area (Å²) in [5, 5.41) is 0. The van der Waals surface area contributed by atoms with Crippen LogP contribution in [-0.2, 0) is 14.6 Å². The Morgan fingerprint density at radius 1 is 1.53 bits per heavy atom. The molecule has 0 saturated heterocycles. The zero-order valence-electron chi connectivity index (χ0n) is 9.64. The van der Waals surface area contributed by atoms with E-state index < -0.39 is 15.8 Å². The van der Waals surface area contributed by atoms with Crippen LogP contribution in [0.2, 0.25) is 0 Å². The lowest BCUT2D eigenvalue weighted by molar-refractivity contribution is 0.0533. The van der Waals surface area contributed by atoms with E-state index in [-0.39, 0.29) is 22.1 Å². The fourth-order valence-electron chi connectivity index (χ4n) is 1.24. The van der Waals surface area contributed by atoms with E-state index in [1.165, 1.54) is 11.8 Å². The van der Waals surface area contributed by atoms with Crippen molar-refractivity contribution >= 4 is 44.6 Å². The van der Waals surface area contributed by atoms with E-state index in [0.29, 0.717) is 4.21 Å². The quantitative estimate of drug-likeness (QED) is 0.671. The molecule has 17 heavy (non-hydrogen) atoms. The highest BCUT2D eigenvalue weighted by Crippen LogP contribution is 2.40. The average molecular weight is 295 g/mol. The molecule has 0 radical (unpaired) electrons. The summed E-state index contributed by atoms with van der Waals surface area (Å²) >= 11 is 2.29. The van der Waals surface area contributed by atoms with Crippen molar-refractivity contribution in [2.75, 3.05) is 24.9 Å². The Hall–Kier alpha value is -0.730. The monoisotopic (exact) mass is 295 g/mol. The van der Waals surface area contributed by atoms with Crippen LogP contribution in [0.4, 0.5) is 5.69 Å². The summed E-state index contributed by atoms with van der Waals surface area (Å²) in [4.78, 5) is 11.8. The van der Waals surface area contributed by atoms with Gasteiger partial charge in [-0.25, -0.2) is 13.2 Å². The first-order valence-corrected chi connectivity index (χ1v) is 8.59. The lowest BCUT2D eigenvalue weighted by Gasteiger charge is -2.01. The fourth-order valence-corrected chi connectivity index (χ4v) is 5.01. The molecule has 1 aromatic rings. The number of hydrogen-bond donors (Lipinski definition) is 1. The molecule has 0 atom stereocenters. The summed E-state index contributed by atoms with van der Waals surface area (Å²) in [6.45, 7) is 1.90. The van der Waals surface area contributed by atoms with Crippen LogP contribution in [0, 0.1) is 0 Å². The molecule has 0 aromatic carbocycles. The maximum atomic E-state index is 11.6. The van der Waals surface area contributed by atoms with Gasteiger partial charge >= 0.3 is 5.97 Å². The normalized spacial score (nSPS) is 11.5. The molecule has 1 aromatic heterocycles. The molecule has 0 spiro atoms. The highest BCUT2D eigenvalue weighted by Gasteiger charge is 2.27. The third-order valence-electron chi connectivity index (χ3n) is 1.89. The number of nitrogen functional groups attached to an aromatic ring is 1. The number of rotatable bonds is 4. The van der Waals surface area contributed by atoms with E-state index in [0.717, 1.165) is 17.6 Å². The molecule has 0 fully saturated rings. The Morgan fingerprint density at radius 3 is 2.47 bits per heavy atom. The standard InChI is InChI=1S/C9H13NO4S3/c1-4-14-8(11)6-5(10)7(17(3,12)13)9(15-2)16-6/h4,10H2,1-3H3. The lowest BCUT2D eigenvalue weighted by atomic mass is 10.4. The molecule has 0 bridgehead atoms. The summed E-state index contributed by atoms with van der Waals surface area (Å²) < 4.78 is 28.5. The fraction of sp³-hybridized carbons (Fsp3) is 0.444. The van der Waals surface area contributed by atoms with Crippen molar-refractivity contribution in [1.29, 1.82) is 0 Å². The van der Waals surface area contributed by atoms with Crippen LogP contribution in [0.1, 0.15) is 16.6 Å². The summed E-state index contributed by atoms with van der Waals surface area (Å²) in [5.74, 6) is -0.583. The van der Waals surface area contributed by atoms with Crippen molar-refractivity contribution in [3.05, 3.63) is 4.88 Å². The Bertz CT molecular complexity index is 533. The summed E-state index contributed by atoms with van der Waals surface area (Å²) in [6, 6.07) is 0. The molecule has 0 aliphatic heterocycles. The average Bonchev–Trinajstić information content (AvgIpc) is 2.55. The van der Waals surface area contributed by atoms with Crippen LogP contribution in [0.3, 0.4) is 0 Å². The Kier molecular flexibility index (Phi) is 4.45. The van der Waals surface area contributed by atoms with Crippen LogP contribution in [0.15, 0.2) is 9.10 Å². The van der Waals surface area contributed by atoms with Crippen LogP contribution >= 0.6 is 23.1 Å². The molecule has 8 heteroatoms. The Morgan fingerprint density at radius 2 is 2.12 bits per heavy atom. The van der Waals surface area contributed by atoms with Crippen LogP contribution in [-0.4, -0.2) is 33.5 Å². The van der Waals surface area contributed by atoms with Gasteiger partial charge in [-0.15, -0.1) is 23.1 Å². The van der Waals surface area contributed by atoms with Gasteiger partial charge in [0, 0.05) is 6.26 Å². The SMILES string of the molecule is CCOC(=O)c1sc(SC)c(S(C)(=O)=O)c1N. The second-order valence-corrected chi connectivity index (χ2v) is 7.21. The van der Waals surface area contributed by atoms with E-state index in [9.17, 15) is 13.2 Å². The van der Waals surface area contributed by atoms with Crippen molar-refractivity contribution in [3.8, 4) is 0 Å². The summed E-state index contributed by atoms with van der Waals surface area (Å²) in [6.07, 6.45) is 2.80. The number of carbonyl (C=O) groups is 1. The van der Waals surface area contributed by atoms with Crippen LogP contribution in [0.25, 0.3) is 0 Å². The number of anilines is 1. The van der Waals surface area contributed by atoms with Gasteiger partial charge < -0.3 is 10.5 Å². The molecular formula is C9H13NO4S3. The predicted octanol–water partition coefficient (Wildman–Crippen LogP) is 1.63. The highest BCUT2D eigenvalue weighted by molar-refractivity contribution is 8.01. The number of thiophene rings is 1. The van der Waals surface area contributed by atoms with Crippen LogP contribution < -0.4 is 5.73 Å². The largest absolute Gasteiger partial charge is 0.462 e. The van der Waals surface area contributed by atoms with E-state index in [4.69, 9.17) is 10.5 Å². The number of nitrogens with two attached hydrogens (primary N) is 1. The number of sulfone groups is 1. The van der Waals surface area contributed by atoms with Crippen molar-refractivity contribution in [2.45, 2.75) is 16.0 Å².